The molecule has 2 N–H and O–H groups in total. The van der Waals surface area contributed by atoms with Crippen LogP contribution in [-0.2, 0) is 9.53 Å². The average Bonchev–Trinajstić information content (AvgIpc) is 2.64. The second-order valence-corrected chi connectivity index (χ2v) is 7.70. The molecule has 2 aromatic rings. The Balaban J connectivity index is 1.78. The number of esters is 1. The Labute approximate surface area is 157 Å². The topological polar surface area (TPSA) is 67.4 Å². The van der Waals surface area contributed by atoms with Gasteiger partial charge in [-0.3, -0.25) is 4.79 Å². The molecule has 136 valence electrons. The molecule has 1 aliphatic rings. The van der Waals surface area contributed by atoms with Gasteiger partial charge in [0.1, 0.15) is 6.04 Å². The highest BCUT2D eigenvalue weighted by atomic mass is 32.2. The quantitative estimate of drug-likeness (QED) is 0.659. The smallest absolute Gasteiger partial charge is 0.328 e. The van der Waals surface area contributed by atoms with Gasteiger partial charge >= 0.3 is 5.97 Å². The van der Waals surface area contributed by atoms with Crippen molar-refractivity contribution >= 4 is 35.0 Å². The van der Waals surface area contributed by atoms with Crippen LogP contribution in [0, 0.1) is 5.92 Å². The molecule has 0 saturated heterocycles. The van der Waals surface area contributed by atoms with Crippen LogP contribution in [0.25, 0.3) is 0 Å². The number of carbonyl (C=O) groups excluding carboxylic acids is 2. The Hall–Kier alpha value is -2.47. The number of anilines is 2. The zero-order valence-corrected chi connectivity index (χ0v) is 15.9. The minimum Gasteiger partial charge on any atom is -0.467 e. The van der Waals surface area contributed by atoms with Crippen molar-refractivity contribution in [3.05, 3.63) is 48.0 Å². The van der Waals surface area contributed by atoms with E-state index in [9.17, 15) is 9.59 Å². The first kappa shape index (κ1) is 18.3. The van der Waals surface area contributed by atoms with Gasteiger partial charge in [0.25, 0.3) is 5.91 Å². The largest absolute Gasteiger partial charge is 0.467 e. The summed E-state index contributed by atoms with van der Waals surface area (Å²) in [5, 5.41) is 6.16. The summed E-state index contributed by atoms with van der Waals surface area (Å²) in [6, 6.07) is 12.9. The molecule has 0 saturated carbocycles. The summed E-state index contributed by atoms with van der Waals surface area (Å²) in [4.78, 5) is 26.8. The van der Waals surface area contributed by atoms with E-state index < -0.39 is 12.0 Å². The Bertz CT molecular complexity index is 836. The van der Waals surface area contributed by atoms with Crippen molar-refractivity contribution < 1.29 is 14.3 Å². The van der Waals surface area contributed by atoms with Crippen molar-refractivity contribution in [2.45, 2.75) is 36.1 Å². The minimum absolute atomic E-state index is 0.262. The van der Waals surface area contributed by atoms with Crippen LogP contribution in [0.5, 0.6) is 0 Å². The van der Waals surface area contributed by atoms with E-state index in [1.807, 2.05) is 44.2 Å². The van der Waals surface area contributed by atoms with E-state index in [2.05, 4.69) is 16.7 Å². The molecular weight excluding hydrogens is 348 g/mol. The molecule has 5 nitrogen and oxygen atoms in total. The Morgan fingerprint density at radius 3 is 2.58 bits per heavy atom. The number of rotatable bonds is 5. The number of methoxy groups -OCH3 is 1. The normalized spacial score (nSPS) is 13.2. The van der Waals surface area contributed by atoms with E-state index in [4.69, 9.17) is 4.74 Å². The zero-order valence-electron chi connectivity index (χ0n) is 15.0. The molecule has 1 aliphatic heterocycles. The van der Waals surface area contributed by atoms with Gasteiger partial charge in [0.15, 0.2) is 0 Å². The SMILES string of the molecule is COC(=O)[C@H](CC(C)C)NC(=O)c1ccc2c(c1)Nc1ccccc1S2. The molecule has 2 aromatic carbocycles. The fourth-order valence-corrected chi connectivity index (χ4v) is 3.82. The van der Waals surface area contributed by atoms with Crippen LogP contribution in [0.2, 0.25) is 0 Å². The van der Waals surface area contributed by atoms with E-state index in [-0.39, 0.29) is 11.8 Å². The first-order valence-electron chi connectivity index (χ1n) is 8.54. The van der Waals surface area contributed by atoms with E-state index in [1.165, 1.54) is 7.11 Å². The third kappa shape index (κ3) is 4.02. The van der Waals surface area contributed by atoms with E-state index in [0.29, 0.717) is 12.0 Å². The van der Waals surface area contributed by atoms with Crippen LogP contribution in [0.1, 0.15) is 30.6 Å². The van der Waals surface area contributed by atoms with E-state index in [1.54, 1.807) is 17.8 Å². The van der Waals surface area contributed by atoms with E-state index in [0.717, 1.165) is 21.2 Å². The van der Waals surface area contributed by atoms with Gasteiger partial charge in [0, 0.05) is 15.4 Å². The predicted molar refractivity (Wildman–Crippen MR) is 103 cm³/mol. The maximum atomic E-state index is 12.6. The highest BCUT2D eigenvalue weighted by molar-refractivity contribution is 7.99. The molecule has 26 heavy (non-hydrogen) atoms. The van der Waals surface area contributed by atoms with Crippen LogP contribution >= 0.6 is 11.8 Å². The number of carbonyl (C=O) groups is 2. The molecule has 0 spiro atoms. The number of hydrogen-bond donors (Lipinski definition) is 2. The maximum Gasteiger partial charge on any atom is 0.328 e. The molecule has 0 aromatic heterocycles. The lowest BCUT2D eigenvalue weighted by molar-refractivity contribution is -0.143. The summed E-state index contributed by atoms with van der Waals surface area (Å²) >= 11 is 1.67. The number of amides is 1. The van der Waals surface area contributed by atoms with Crippen molar-refractivity contribution in [2.24, 2.45) is 5.92 Å². The van der Waals surface area contributed by atoms with Crippen LogP contribution < -0.4 is 10.6 Å². The van der Waals surface area contributed by atoms with Gasteiger partial charge in [-0.2, -0.15) is 0 Å². The number of ether oxygens (including phenoxy) is 1. The summed E-state index contributed by atoms with van der Waals surface area (Å²) in [5.41, 5.74) is 2.42. The van der Waals surface area contributed by atoms with Gasteiger partial charge < -0.3 is 15.4 Å². The lowest BCUT2D eigenvalue weighted by atomic mass is 10.0. The number of nitrogens with one attached hydrogen (secondary N) is 2. The van der Waals surface area contributed by atoms with Crippen molar-refractivity contribution in [2.75, 3.05) is 12.4 Å². The minimum atomic E-state index is -0.647. The first-order chi connectivity index (χ1) is 12.5. The number of fused-ring (bicyclic) bond motifs is 2. The summed E-state index contributed by atoms with van der Waals surface area (Å²) < 4.78 is 4.81. The highest BCUT2D eigenvalue weighted by Crippen LogP contribution is 2.44. The third-order valence-electron chi connectivity index (χ3n) is 4.12. The lowest BCUT2D eigenvalue weighted by Crippen LogP contribution is -2.42. The Morgan fingerprint density at radius 1 is 1.12 bits per heavy atom. The molecule has 6 heteroatoms. The summed E-state index contributed by atoms with van der Waals surface area (Å²) in [5.74, 6) is -0.445. The summed E-state index contributed by atoms with van der Waals surface area (Å²) in [6.07, 6.45) is 0.533. The maximum absolute atomic E-state index is 12.6. The molecular formula is C20H22N2O3S. The molecule has 1 amide bonds. The van der Waals surface area contributed by atoms with Gasteiger partial charge in [-0.25, -0.2) is 4.79 Å². The van der Waals surface area contributed by atoms with Crippen molar-refractivity contribution in [1.82, 2.24) is 5.32 Å². The van der Waals surface area contributed by atoms with Crippen LogP contribution in [-0.4, -0.2) is 25.0 Å². The van der Waals surface area contributed by atoms with Gasteiger partial charge in [-0.15, -0.1) is 0 Å². The molecule has 1 heterocycles. The number of para-hydroxylation sites is 1. The van der Waals surface area contributed by atoms with Crippen molar-refractivity contribution in [3.63, 3.8) is 0 Å². The fraction of sp³-hybridized carbons (Fsp3) is 0.300. The molecule has 3 rings (SSSR count). The van der Waals surface area contributed by atoms with Gasteiger partial charge in [-0.1, -0.05) is 37.7 Å². The second-order valence-electron chi connectivity index (χ2n) is 6.61. The van der Waals surface area contributed by atoms with Crippen LogP contribution in [0.3, 0.4) is 0 Å². The predicted octanol–water partition coefficient (Wildman–Crippen LogP) is 4.21. The summed E-state index contributed by atoms with van der Waals surface area (Å²) in [6.45, 7) is 4.00. The van der Waals surface area contributed by atoms with Crippen molar-refractivity contribution in [3.8, 4) is 0 Å². The second kappa shape index (κ2) is 7.83. The summed E-state index contributed by atoms with van der Waals surface area (Å²) in [7, 11) is 1.33. The molecule has 1 atom stereocenters. The molecule has 0 fully saturated rings. The highest BCUT2D eigenvalue weighted by Gasteiger charge is 2.24. The van der Waals surface area contributed by atoms with Gasteiger partial charge in [0.05, 0.1) is 18.5 Å². The van der Waals surface area contributed by atoms with Crippen LogP contribution in [0.15, 0.2) is 52.3 Å². The first-order valence-corrected chi connectivity index (χ1v) is 9.36. The monoisotopic (exact) mass is 370 g/mol. The molecule has 0 bridgehead atoms. The number of benzene rings is 2. The fourth-order valence-electron chi connectivity index (χ4n) is 2.85. The number of hydrogen-bond acceptors (Lipinski definition) is 5. The van der Waals surface area contributed by atoms with Gasteiger partial charge in [-0.05, 0) is 42.7 Å². The Morgan fingerprint density at radius 2 is 1.85 bits per heavy atom. The Kier molecular flexibility index (Phi) is 5.52. The molecule has 0 radical (unpaired) electrons. The van der Waals surface area contributed by atoms with Crippen molar-refractivity contribution in [1.29, 1.82) is 0 Å². The van der Waals surface area contributed by atoms with Gasteiger partial charge in [0.2, 0.25) is 0 Å². The molecule has 0 unspecified atom stereocenters. The standard InChI is InChI=1S/C20H22N2O3S/c1-12(2)10-16(20(24)25-3)22-19(23)13-8-9-18-15(11-13)21-14-6-4-5-7-17(14)26-18/h4-9,11-12,16,21H,10H2,1-3H3,(H,22,23)/t16-/m0/s1. The third-order valence-corrected chi connectivity index (χ3v) is 5.27. The molecule has 0 aliphatic carbocycles. The van der Waals surface area contributed by atoms with E-state index >= 15 is 0 Å². The lowest BCUT2D eigenvalue weighted by Gasteiger charge is -2.22. The van der Waals surface area contributed by atoms with Crippen LogP contribution in [0.4, 0.5) is 11.4 Å². The zero-order chi connectivity index (χ0) is 18.7. The average molecular weight is 370 g/mol.